The molecular formula is C13H11Cl2NO2. The highest BCUT2D eigenvalue weighted by molar-refractivity contribution is 6.42. The summed E-state index contributed by atoms with van der Waals surface area (Å²) in [7, 11) is 0. The summed E-state index contributed by atoms with van der Waals surface area (Å²) >= 11 is 11.7. The Kier molecular flexibility index (Phi) is 3.73. The lowest BCUT2D eigenvalue weighted by molar-refractivity contribution is -0.138. The van der Waals surface area contributed by atoms with Crippen LogP contribution in [0.15, 0.2) is 23.8 Å². The molecule has 18 heavy (non-hydrogen) atoms. The van der Waals surface area contributed by atoms with Gasteiger partial charge in [0.25, 0.3) is 5.91 Å². The summed E-state index contributed by atoms with van der Waals surface area (Å²) in [4.78, 5) is 24.3. The van der Waals surface area contributed by atoms with E-state index < -0.39 is 0 Å². The smallest absolute Gasteiger partial charge is 0.256 e. The first-order valence-electron chi connectivity index (χ1n) is 5.47. The molecule has 1 aliphatic heterocycles. The SMILES string of the molecule is CC(=O)N1CC/C(=C\c2ccc(Cl)c(Cl)c2)C1=O. The quantitative estimate of drug-likeness (QED) is 0.743. The summed E-state index contributed by atoms with van der Waals surface area (Å²) in [5.74, 6) is -0.453. The fourth-order valence-corrected chi connectivity index (χ4v) is 2.16. The molecule has 1 aromatic rings. The van der Waals surface area contributed by atoms with Crippen molar-refractivity contribution in [1.29, 1.82) is 0 Å². The molecule has 0 aromatic heterocycles. The molecule has 0 N–H and O–H groups in total. The predicted octanol–water partition coefficient (Wildman–Crippen LogP) is 3.16. The van der Waals surface area contributed by atoms with Crippen LogP contribution in [0.3, 0.4) is 0 Å². The molecule has 3 nitrogen and oxygen atoms in total. The molecule has 0 atom stereocenters. The third-order valence-electron chi connectivity index (χ3n) is 2.79. The van der Waals surface area contributed by atoms with Crippen LogP contribution in [0.1, 0.15) is 18.9 Å². The molecule has 0 aliphatic carbocycles. The molecular weight excluding hydrogens is 273 g/mol. The predicted molar refractivity (Wildman–Crippen MR) is 71.5 cm³/mol. The molecule has 2 rings (SSSR count). The van der Waals surface area contributed by atoms with E-state index in [0.717, 1.165) is 5.56 Å². The van der Waals surface area contributed by atoms with E-state index in [0.29, 0.717) is 28.6 Å². The minimum absolute atomic E-state index is 0.225. The Bertz CT molecular complexity index is 552. The number of carbonyl (C=O) groups excluding carboxylic acids is 2. The minimum Gasteiger partial charge on any atom is -0.279 e. The zero-order chi connectivity index (χ0) is 13.3. The van der Waals surface area contributed by atoms with Gasteiger partial charge in [0.15, 0.2) is 0 Å². The Morgan fingerprint density at radius 1 is 1.33 bits per heavy atom. The lowest BCUT2D eigenvalue weighted by Crippen LogP contribution is -2.29. The van der Waals surface area contributed by atoms with Gasteiger partial charge in [-0.2, -0.15) is 0 Å². The van der Waals surface area contributed by atoms with Crippen LogP contribution in [0.4, 0.5) is 0 Å². The van der Waals surface area contributed by atoms with E-state index in [1.807, 2.05) is 0 Å². The largest absolute Gasteiger partial charge is 0.279 e. The summed E-state index contributed by atoms with van der Waals surface area (Å²) < 4.78 is 0. The lowest BCUT2D eigenvalue weighted by Gasteiger charge is -2.08. The minimum atomic E-state index is -0.228. The van der Waals surface area contributed by atoms with Gasteiger partial charge in [0, 0.05) is 19.0 Å². The number of imide groups is 1. The highest BCUT2D eigenvalue weighted by Crippen LogP contribution is 2.25. The van der Waals surface area contributed by atoms with Gasteiger partial charge in [-0.1, -0.05) is 29.3 Å². The molecule has 0 bridgehead atoms. The van der Waals surface area contributed by atoms with Gasteiger partial charge >= 0.3 is 0 Å². The van der Waals surface area contributed by atoms with Crippen molar-refractivity contribution in [3.8, 4) is 0 Å². The molecule has 1 fully saturated rings. The van der Waals surface area contributed by atoms with E-state index in [-0.39, 0.29) is 11.8 Å². The van der Waals surface area contributed by atoms with Crippen molar-refractivity contribution in [3.05, 3.63) is 39.4 Å². The van der Waals surface area contributed by atoms with Crippen molar-refractivity contribution in [1.82, 2.24) is 4.90 Å². The van der Waals surface area contributed by atoms with Gasteiger partial charge in [-0.05, 0) is 30.2 Å². The van der Waals surface area contributed by atoms with Crippen LogP contribution < -0.4 is 0 Å². The molecule has 0 spiro atoms. The van der Waals surface area contributed by atoms with Crippen molar-refractivity contribution in [2.24, 2.45) is 0 Å². The average molecular weight is 284 g/mol. The Morgan fingerprint density at radius 3 is 2.61 bits per heavy atom. The lowest BCUT2D eigenvalue weighted by atomic mass is 10.1. The molecule has 1 heterocycles. The third kappa shape index (κ3) is 2.57. The molecule has 94 valence electrons. The molecule has 0 saturated carbocycles. The Balaban J connectivity index is 2.27. The summed E-state index contributed by atoms with van der Waals surface area (Å²) in [6.45, 7) is 1.83. The summed E-state index contributed by atoms with van der Waals surface area (Å²) in [5.41, 5.74) is 1.42. The van der Waals surface area contributed by atoms with Crippen LogP contribution in [-0.4, -0.2) is 23.3 Å². The number of rotatable bonds is 1. The van der Waals surface area contributed by atoms with Crippen LogP contribution in [-0.2, 0) is 9.59 Å². The van der Waals surface area contributed by atoms with Crippen molar-refractivity contribution < 1.29 is 9.59 Å². The number of amides is 2. The van der Waals surface area contributed by atoms with Gasteiger partial charge < -0.3 is 0 Å². The fraction of sp³-hybridized carbons (Fsp3) is 0.231. The number of benzene rings is 1. The average Bonchev–Trinajstić information content (AvgIpc) is 2.66. The van der Waals surface area contributed by atoms with Gasteiger partial charge in [0.2, 0.25) is 5.91 Å². The Labute approximate surface area is 115 Å². The van der Waals surface area contributed by atoms with Gasteiger partial charge in [-0.15, -0.1) is 0 Å². The van der Waals surface area contributed by atoms with Crippen LogP contribution in [0.5, 0.6) is 0 Å². The van der Waals surface area contributed by atoms with Crippen molar-refractivity contribution in [2.45, 2.75) is 13.3 Å². The van der Waals surface area contributed by atoms with Crippen LogP contribution in [0.2, 0.25) is 10.0 Å². The van der Waals surface area contributed by atoms with Crippen molar-refractivity contribution in [3.63, 3.8) is 0 Å². The van der Waals surface area contributed by atoms with Gasteiger partial charge in [0.1, 0.15) is 0 Å². The van der Waals surface area contributed by atoms with E-state index in [1.165, 1.54) is 11.8 Å². The fourth-order valence-electron chi connectivity index (χ4n) is 1.85. The van der Waals surface area contributed by atoms with E-state index in [2.05, 4.69) is 0 Å². The topological polar surface area (TPSA) is 37.4 Å². The van der Waals surface area contributed by atoms with Crippen LogP contribution in [0, 0.1) is 0 Å². The Morgan fingerprint density at radius 2 is 2.06 bits per heavy atom. The number of nitrogens with zero attached hydrogens (tertiary/aromatic N) is 1. The van der Waals surface area contributed by atoms with Gasteiger partial charge in [-0.3, -0.25) is 14.5 Å². The van der Waals surface area contributed by atoms with E-state index in [1.54, 1.807) is 24.3 Å². The molecule has 0 unspecified atom stereocenters. The molecule has 0 radical (unpaired) electrons. The van der Waals surface area contributed by atoms with Gasteiger partial charge in [0.05, 0.1) is 10.0 Å². The summed E-state index contributed by atoms with van der Waals surface area (Å²) in [6.07, 6.45) is 2.31. The summed E-state index contributed by atoms with van der Waals surface area (Å²) in [6, 6.07) is 5.16. The van der Waals surface area contributed by atoms with E-state index >= 15 is 0 Å². The maximum Gasteiger partial charge on any atom is 0.256 e. The number of hydrogen-bond acceptors (Lipinski definition) is 2. The normalized spacial score (nSPS) is 17.6. The maximum absolute atomic E-state index is 11.9. The zero-order valence-corrected chi connectivity index (χ0v) is 11.3. The van der Waals surface area contributed by atoms with E-state index in [9.17, 15) is 9.59 Å². The van der Waals surface area contributed by atoms with E-state index in [4.69, 9.17) is 23.2 Å². The highest BCUT2D eigenvalue weighted by atomic mass is 35.5. The monoisotopic (exact) mass is 283 g/mol. The second-order valence-corrected chi connectivity index (χ2v) is 4.88. The maximum atomic E-state index is 11.9. The zero-order valence-electron chi connectivity index (χ0n) is 9.74. The number of carbonyl (C=O) groups is 2. The highest BCUT2D eigenvalue weighted by Gasteiger charge is 2.28. The van der Waals surface area contributed by atoms with Crippen LogP contribution >= 0.6 is 23.2 Å². The second kappa shape index (κ2) is 5.12. The van der Waals surface area contributed by atoms with Gasteiger partial charge in [-0.25, -0.2) is 0 Å². The van der Waals surface area contributed by atoms with Crippen molar-refractivity contribution in [2.75, 3.05) is 6.54 Å². The molecule has 2 amide bonds. The Hall–Kier alpha value is -1.32. The van der Waals surface area contributed by atoms with Crippen LogP contribution in [0.25, 0.3) is 6.08 Å². The molecule has 5 heteroatoms. The second-order valence-electron chi connectivity index (χ2n) is 4.07. The molecule has 1 saturated heterocycles. The third-order valence-corrected chi connectivity index (χ3v) is 3.53. The van der Waals surface area contributed by atoms with Crippen molar-refractivity contribution >= 4 is 41.1 Å². The first kappa shape index (κ1) is 13.1. The standard InChI is InChI=1S/C13H11Cl2NO2/c1-8(17)16-5-4-10(13(16)18)6-9-2-3-11(14)12(15)7-9/h2-3,6-7H,4-5H2,1H3/b10-6+. The molecule has 1 aromatic carbocycles. The first-order chi connectivity index (χ1) is 8.49. The molecule has 1 aliphatic rings. The first-order valence-corrected chi connectivity index (χ1v) is 6.22. The summed E-state index contributed by atoms with van der Waals surface area (Å²) in [5, 5.41) is 0.918. The number of likely N-dealkylation sites (tertiary alicyclic amines) is 1. The number of hydrogen-bond donors (Lipinski definition) is 0. The number of halogens is 2.